The molecule has 1 saturated carbocycles. The second kappa shape index (κ2) is 6.67. The van der Waals surface area contributed by atoms with Crippen LogP contribution in [-0.2, 0) is 4.74 Å². The van der Waals surface area contributed by atoms with Gasteiger partial charge >= 0.3 is 0 Å². The Kier molecular flexibility index (Phi) is 5.81. The number of hydrogen-bond donors (Lipinski definition) is 0. The summed E-state index contributed by atoms with van der Waals surface area (Å²) >= 11 is 6.29. The van der Waals surface area contributed by atoms with Gasteiger partial charge in [-0.25, -0.2) is 0 Å². The molecule has 0 N–H and O–H groups in total. The van der Waals surface area contributed by atoms with Crippen molar-refractivity contribution in [2.75, 3.05) is 13.2 Å². The Hall–Kier alpha value is 0.250. The van der Waals surface area contributed by atoms with E-state index in [0.717, 1.165) is 19.6 Å². The van der Waals surface area contributed by atoms with Crippen LogP contribution in [0.4, 0.5) is 0 Å². The molecule has 1 nitrogen and oxygen atoms in total. The third-order valence-corrected chi connectivity index (χ3v) is 3.32. The van der Waals surface area contributed by atoms with Crippen molar-refractivity contribution in [3.63, 3.8) is 0 Å². The standard InChI is InChI=1S/C11H21ClO/c1-2-8-13-9-10-6-4-3-5-7-11(10)12/h10-11H,2-9H2,1H3. The van der Waals surface area contributed by atoms with E-state index in [1.54, 1.807) is 0 Å². The molecule has 1 rings (SSSR count). The van der Waals surface area contributed by atoms with E-state index in [-0.39, 0.29) is 0 Å². The molecule has 1 aliphatic carbocycles. The van der Waals surface area contributed by atoms with Crippen LogP contribution in [0.3, 0.4) is 0 Å². The maximum atomic E-state index is 6.29. The van der Waals surface area contributed by atoms with Gasteiger partial charge < -0.3 is 4.74 Å². The highest BCUT2D eigenvalue weighted by molar-refractivity contribution is 6.20. The molecule has 1 fully saturated rings. The third kappa shape index (κ3) is 4.33. The minimum absolute atomic E-state index is 0.361. The zero-order chi connectivity index (χ0) is 9.52. The maximum Gasteiger partial charge on any atom is 0.0508 e. The van der Waals surface area contributed by atoms with E-state index < -0.39 is 0 Å². The quantitative estimate of drug-likeness (QED) is 0.386. The van der Waals surface area contributed by atoms with Gasteiger partial charge in [-0.1, -0.05) is 26.2 Å². The Morgan fingerprint density at radius 2 is 2.00 bits per heavy atom. The molecule has 78 valence electrons. The summed E-state index contributed by atoms with van der Waals surface area (Å²) in [7, 11) is 0. The fourth-order valence-corrected chi connectivity index (χ4v) is 2.26. The highest BCUT2D eigenvalue weighted by Gasteiger charge is 2.21. The van der Waals surface area contributed by atoms with Crippen molar-refractivity contribution in [2.45, 2.75) is 50.8 Å². The molecule has 0 amide bonds. The van der Waals surface area contributed by atoms with Crippen LogP contribution in [0.5, 0.6) is 0 Å². The van der Waals surface area contributed by atoms with Gasteiger partial charge in [-0.05, 0) is 25.2 Å². The third-order valence-electron chi connectivity index (χ3n) is 2.75. The summed E-state index contributed by atoms with van der Waals surface area (Å²) in [5.74, 6) is 0.607. The van der Waals surface area contributed by atoms with Crippen molar-refractivity contribution in [2.24, 2.45) is 5.92 Å². The SMILES string of the molecule is CCCOCC1CCCCCC1Cl. The minimum Gasteiger partial charge on any atom is -0.381 e. The first kappa shape index (κ1) is 11.3. The molecule has 0 aromatic heterocycles. The van der Waals surface area contributed by atoms with Crippen molar-refractivity contribution < 1.29 is 4.74 Å². The van der Waals surface area contributed by atoms with E-state index in [9.17, 15) is 0 Å². The van der Waals surface area contributed by atoms with Gasteiger partial charge in [0.1, 0.15) is 0 Å². The Morgan fingerprint density at radius 1 is 1.23 bits per heavy atom. The molecule has 13 heavy (non-hydrogen) atoms. The fourth-order valence-electron chi connectivity index (χ4n) is 1.91. The van der Waals surface area contributed by atoms with Crippen LogP contribution < -0.4 is 0 Å². The summed E-state index contributed by atoms with van der Waals surface area (Å²) < 4.78 is 5.56. The van der Waals surface area contributed by atoms with Gasteiger partial charge in [-0.15, -0.1) is 11.6 Å². The molecule has 2 heteroatoms. The Labute approximate surface area is 86.8 Å². The second-order valence-corrected chi connectivity index (χ2v) is 4.55. The number of alkyl halides is 1. The summed E-state index contributed by atoms with van der Waals surface area (Å²) in [4.78, 5) is 0. The summed E-state index contributed by atoms with van der Waals surface area (Å²) in [6.07, 6.45) is 7.55. The molecule has 2 atom stereocenters. The molecule has 0 aliphatic heterocycles. The number of halogens is 1. The molecule has 2 unspecified atom stereocenters. The van der Waals surface area contributed by atoms with Crippen LogP contribution in [0.25, 0.3) is 0 Å². The normalized spacial score (nSPS) is 30.0. The van der Waals surface area contributed by atoms with Gasteiger partial charge in [0.15, 0.2) is 0 Å². The number of ether oxygens (including phenoxy) is 1. The molecule has 0 saturated heterocycles. The van der Waals surface area contributed by atoms with Crippen molar-refractivity contribution in [1.29, 1.82) is 0 Å². The van der Waals surface area contributed by atoms with Crippen molar-refractivity contribution in [1.82, 2.24) is 0 Å². The van der Waals surface area contributed by atoms with E-state index in [4.69, 9.17) is 16.3 Å². The van der Waals surface area contributed by atoms with Gasteiger partial charge in [-0.2, -0.15) is 0 Å². The lowest BCUT2D eigenvalue weighted by Crippen LogP contribution is -2.19. The van der Waals surface area contributed by atoms with E-state index in [1.165, 1.54) is 32.1 Å². The first-order valence-corrected chi connectivity index (χ1v) is 6.00. The molecular weight excluding hydrogens is 184 g/mol. The Balaban J connectivity index is 2.19. The summed E-state index contributed by atoms with van der Waals surface area (Å²) in [6, 6.07) is 0. The molecule has 0 spiro atoms. The topological polar surface area (TPSA) is 9.23 Å². The van der Waals surface area contributed by atoms with Crippen LogP contribution in [0.15, 0.2) is 0 Å². The smallest absolute Gasteiger partial charge is 0.0508 e. The largest absolute Gasteiger partial charge is 0.381 e. The lowest BCUT2D eigenvalue weighted by atomic mass is 10.0. The zero-order valence-electron chi connectivity index (χ0n) is 8.60. The van der Waals surface area contributed by atoms with Crippen LogP contribution in [-0.4, -0.2) is 18.6 Å². The van der Waals surface area contributed by atoms with Gasteiger partial charge in [0, 0.05) is 12.0 Å². The lowest BCUT2D eigenvalue weighted by molar-refractivity contribution is 0.0956. The van der Waals surface area contributed by atoms with Gasteiger partial charge in [0.05, 0.1) is 6.61 Å². The first-order chi connectivity index (χ1) is 6.34. The number of hydrogen-bond acceptors (Lipinski definition) is 1. The van der Waals surface area contributed by atoms with Gasteiger partial charge in [-0.3, -0.25) is 0 Å². The molecule has 0 heterocycles. The van der Waals surface area contributed by atoms with E-state index in [1.807, 2.05) is 0 Å². The molecule has 0 aromatic rings. The van der Waals surface area contributed by atoms with Crippen molar-refractivity contribution in [3.8, 4) is 0 Å². The van der Waals surface area contributed by atoms with Crippen LogP contribution >= 0.6 is 11.6 Å². The first-order valence-electron chi connectivity index (χ1n) is 5.56. The summed E-state index contributed by atoms with van der Waals surface area (Å²) in [6.45, 7) is 3.91. The molecule has 1 aliphatic rings. The average molecular weight is 205 g/mol. The molecule has 0 bridgehead atoms. The number of rotatable bonds is 4. The van der Waals surface area contributed by atoms with Gasteiger partial charge in [0.25, 0.3) is 0 Å². The molecular formula is C11H21ClO. The van der Waals surface area contributed by atoms with E-state index in [2.05, 4.69) is 6.92 Å². The summed E-state index contributed by atoms with van der Waals surface area (Å²) in [5.41, 5.74) is 0. The van der Waals surface area contributed by atoms with Crippen LogP contribution in [0, 0.1) is 5.92 Å². The highest BCUT2D eigenvalue weighted by atomic mass is 35.5. The minimum atomic E-state index is 0.361. The fraction of sp³-hybridized carbons (Fsp3) is 1.00. The van der Waals surface area contributed by atoms with Crippen molar-refractivity contribution in [3.05, 3.63) is 0 Å². The summed E-state index contributed by atoms with van der Waals surface area (Å²) in [5, 5.41) is 0.361. The van der Waals surface area contributed by atoms with E-state index >= 15 is 0 Å². The van der Waals surface area contributed by atoms with E-state index in [0.29, 0.717) is 11.3 Å². The molecule has 0 radical (unpaired) electrons. The predicted molar refractivity (Wildman–Crippen MR) is 57.3 cm³/mol. The predicted octanol–water partition coefficient (Wildman–Crippen LogP) is 3.60. The molecule has 0 aromatic carbocycles. The lowest BCUT2D eigenvalue weighted by Gasteiger charge is -2.19. The van der Waals surface area contributed by atoms with Crippen LogP contribution in [0.2, 0.25) is 0 Å². The average Bonchev–Trinajstić information content (AvgIpc) is 2.32. The Morgan fingerprint density at radius 3 is 2.77 bits per heavy atom. The highest BCUT2D eigenvalue weighted by Crippen LogP contribution is 2.27. The van der Waals surface area contributed by atoms with Crippen LogP contribution in [0.1, 0.15) is 45.4 Å². The monoisotopic (exact) mass is 204 g/mol. The Bertz CT molecular complexity index is 127. The zero-order valence-corrected chi connectivity index (χ0v) is 9.35. The van der Waals surface area contributed by atoms with Crippen molar-refractivity contribution >= 4 is 11.6 Å². The van der Waals surface area contributed by atoms with Gasteiger partial charge in [0.2, 0.25) is 0 Å². The second-order valence-electron chi connectivity index (χ2n) is 3.99. The maximum absolute atomic E-state index is 6.29.